The third-order valence-electron chi connectivity index (χ3n) is 7.49. The largest absolute Gasteiger partial charge is 0.462 e. The highest BCUT2D eigenvalue weighted by Gasteiger charge is 2.49. The summed E-state index contributed by atoms with van der Waals surface area (Å²) in [4.78, 5) is 21.7. The van der Waals surface area contributed by atoms with Crippen molar-refractivity contribution in [3.8, 4) is 0 Å². The predicted molar refractivity (Wildman–Crippen MR) is 105 cm³/mol. The fourth-order valence-corrected chi connectivity index (χ4v) is 6.00. The highest BCUT2D eigenvalue weighted by Crippen LogP contribution is 2.46. The number of carbonyl (C=O) groups is 1. The van der Waals surface area contributed by atoms with Crippen molar-refractivity contribution in [2.45, 2.75) is 51.0 Å². The van der Waals surface area contributed by atoms with E-state index in [9.17, 15) is 4.79 Å². The minimum absolute atomic E-state index is 0.110. The summed E-state index contributed by atoms with van der Waals surface area (Å²) >= 11 is 0. The van der Waals surface area contributed by atoms with Crippen LogP contribution in [-0.2, 0) is 9.53 Å². The lowest BCUT2D eigenvalue weighted by molar-refractivity contribution is -0.150. The van der Waals surface area contributed by atoms with Crippen molar-refractivity contribution in [2.24, 2.45) is 17.3 Å². The molecule has 0 amide bonds. The molecular formula is C22H31N3O2. The molecule has 0 N–H and O–H groups in total. The molecule has 5 heteroatoms. The Balaban J connectivity index is 1.10. The van der Waals surface area contributed by atoms with E-state index in [1.807, 2.05) is 12.4 Å². The molecule has 1 saturated carbocycles. The van der Waals surface area contributed by atoms with Crippen molar-refractivity contribution in [2.75, 3.05) is 37.6 Å². The molecule has 3 atom stereocenters. The van der Waals surface area contributed by atoms with Crippen LogP contribution in [0.25, 0.3) is 0 Å². The maximum atomic E-state index is 12.4. The summed E-state index contributed by atoms with van der Waals surface area (Å²) in [6.07, 6.45) is 11.7. The third kappa shape index (κ3) is 3.35. The number of aromatic nitrogens is 1. The van der Waals surface area contributed by atoms with E-state index in [0.29, 0.717) is 0 Å². The second-order valence-corrected chi connectivity index (χ2v) is 9.25. The molecule has 5 nitrogen and oxygen atoms in total. The second kappa shape index (κ2) is 7.08. The number of anilines is 1. The Labute approximate surface area is 162 Å². The van der Waals surface area contributed by atoms with Gasteiger partial charge in [-0.2, -0.15) is 0 Å². The topological polar surface area (TPSA) is 45.7 Å². The number of pyridine rings is 1. The summed E-state index contributed by atoms with van der Waals surface area (Å²) in [5.41, 5.74) is 1.19. The van der Waals surface area contributed by atoms with E-state index in [1.165, 1.54) is 38.0 Å². The molecule has 1 aromatic rings. The van der Waals surface area contributed by atoms with Gasteiger partial charge in [0.05, 0.1) is 5.41 Å². The Morgan fingerprint density at radius 2 is 1.74 bits per heavy atom. The highest BCUT2D eigenvalue weighted by atomic mass is 16.6. The summed E-state index contributed by atoms with van der Waals surface area (Å²) in [5.74, 6) is 1.65. The van der Waals surface area contributed by atoms with Crippen LogP contribution in [0.3, 0.4) is 0 Å². The SMILES string of the molecule is O=C1OC(CCN2CC3CN(c4ccncc4)CC3C2)CC12CCCCC2. The van der Waals surface area contributed by atoms with E-state index in [-0.39, 0.29) is 17.5 Å². The van der Waals surface area contributed by atoms with Crippen molar-refractivity contribution >= 4 is 11.7 Å². The maximum Gasteiger partial charge on any atom is 0.312 e. The molecule has 4 aliphatic rings. The molecule has 3 saturated heterocycles. The Bertz CT molecular complexity index is 659. The zero-order valence-electron chi connectivity index (χ0n) is 16.2. The molecule has 146 valence electrons. The standard InChI is InChI=1S/C22H31N3O2/c26-21-22(7-2-1-3-8-22)12-20(27-21)6-11-24-13-17-15-25(16-18(17)14-24)19-4-9-23-10-5-19/h4-5,9-10,17-18,20H,1-3,6-8,11-16H2. The number of hydrogen-bond donors (Lipinski definition) is 0. The number of esters is 1. The van der Waals surface area contributed by atoms with Gasteiger partial charge in [0.1, 0.15) is 6.10 Å². The van der Waals surface area contributed by atoms with Gasteiger partial charge in [0.15, 0.2) is 0 Å². The van der Waals surface area contributed by atoms with Crippen molar-refractivity contribution in [1.29, 1.82) is 0 Å². The molecule has 4 heterocycles. The van der Waals surface area contributed by atoms with Gasteiger partial charge < -0.3 is 14.5 Å². The number of carbonyl (C=O) groups excluding carboxylic acids is 1. The van der Waals surface area contributed by atoms with Gasteiger partial charge in [-0.05, 0) is 43.2 Å². The maximum absolute atomic E-state index is 12.4. The first-order valence-corrected chi connectivity index (χ1v) is 10.8. The summed E-state index contributed by atoms with van der Waals surface area (Å²) in [6.45, 7) is 5.78. The molecule has 0 radical (unpaired) electrons. The van der Waals surface area contributed by atoms with Gasteiger partial charge in [-0.3, -0.25) is 9.78 Å². The van der Waals surface area contributed by atoms with E-state index in [2.05, 4.69) is 26.9 Å². The van der Waals surface area contributed by atoms with Crippen LogP contribution in [0.4, 0.5) is 5.69 Å². The van der Waals surface area contributed by atoms with Gasteiger partial charge in [-0.15, -0.1) is 0 Å². The van der Waals surface area contributed by atoms with Crippen LogP contribution >= 0.6 is 0 Å². The quantitative estimate of drug-likeness (QED) is 0.763. The second-order valence-electron chi connectivity index (χ2n) is 9.25. The predicted octanol–water partition coefficient (Wildman–Crippen LogP) is 3.11. The molecular weight excluding hydrogens is 338 g/mol. The summed E-state index contributed by atoms with van der Waals surface area (Å²) in [7, 11) is 0. The number of cyclic esters (lactones) is 1. The first-order chi connectivity index (χ1) is 13.2. The van der Waals surface area contributed by atoms with Crippen LogP contribution in [0.15, 0.2) is 24.5 Å². The normalized spacial score (nSPS) is 32.8. The molecule has 3 aliphatic heterocycles. The zero-order valence-corrected chi connectivity index (χ0v) is 16.2. The number of rotatable bonds is 4. The van der Waals surface area contributed by atoms with Gasteiger partial charge in [0.2, 0.25) is 0 Å². The molecule has 1 aliphatic carbocycles. The molecule has 1 spiro atoms. The smallest absolute Gasteiger partial charge is 0.312 e. The highest BCUT2D eigenvalue weighted by molar-refractivity contribution is 5.79. The average Bonchev–Trinajstić information content (AvgIpc) is 3.34. The van der Waals surface area contributed by atoms with Crippen LogP contribution in [-0.4, -0.2) is 54.7 Å². The molecule has 5 rings (SSSR count). The van der Waals surface area contributed by atoms with Gasteiger partial charge in [0.25, 0.3) is 0 Å². The molecule has 3 unspecified atom stereocenters. The Hall–Kier alpha value is -1.62. The number of hydrogen-bond acceptors (Lipinski definition) is 5. The fourth-order valence-electron chi connectivity index (χ4n) is 6.00. The van der Waals surface area contributed by atoms with Crippen molar-refractivity contribution in [1.82, 2.24) is 9.88 Å². The third-order valence-corrected chi connectivity index (χ3v) is 7.49. The van der Waals surface area contributed by atoms with Crippen molar-refractivity contribution in [3.63, 3.8) is 0 Å². The first-order valence-electron chi connectivity index (χ1n) is 10.8. The van der Waals surface area contributed by atoms with E-state index < -0.39 is 0 Å². The minimum atomic E-state index is -0.116. The molecule has 4 fully saturated rings. The number of likely N-dealkylation sites (tertiary alicyclic amines) is 1. The molecule has 27 heavy (non-hydrogen) atoms. The van der Waals surface area contributed by atoms with Crippen LogP contribution in [0.2, 0.25) is 0 Å². The Kier molecular flexibility index (Phi) is 4.58. The summed E-state index contributed by atoms with van der Waals surface area (Å²) < 4.78 is 5.80. The van der Waals surface area contributed by atoms with Crippen molar-refractivity contribution < 1.29 is 9.53 Å². The van der Waals surface area contributed by atoms with Crippen molar-refractivity contribution in [3.05, 3.63) is 24.5 Å². The minimum Gasteiger partial charge on any atom is -0.462 e. The first kappa shape index (κ1) is 17.5. The van der Waals surface area contributed by atoms with Gasteiger partial charge >= 0.3 is 5.97 Å². The van der Waals surface area contributed by atoms with Crippen LogP contribution < -0.4 is 4.90 Å². The lowest BCUT2D eigenvalue weighted by atomic mass is 9.72. The van der Waals surface area contributed by atoms with E-state index in [4.69, 9.17) is 4.74 Å². The zero-order chi connectivity index (χ0) is 18.3. The fraction of sp³-hybridized carbons (Fsp3) is 0.727. The van der Waals surface area contributed by atoms with E-state index in [0.717, 1.165) is 57.2 Å². The number of fused-ring (bicyclic) bond motifs is 1. The monoisotopic (exact) mass is 369 g/mol. The van der Waals surface area contributed by atoms with Gasteiger partial charge in [-0.1, -0.05) is 19.3 Å². The van der Waals surface area contributed by atoms with Crippen LogP contribution in [0, 0.1) is 17.3 Å². The van der Waals surface area contributed by atoms with E-state index >= 15 is 0 Å². The number of ether oxygens (including phenoxy) is 1. The summed E-state index contributed by atoms with van der Waals surface area (Å²) in [6, 6.07) is 4.24. The summed E-state index contributed by atoms with van der Waals surface area (Å²) in [5, 5.41) is 0. The lowest BCUT2D eigenvalue weighted by Gasteiger charge is -2.28. The molecule has 0 bridgehead atoms. The number of nitrogens with zero attached hydrogens (tertiary/aromatic N) is 3. The lowest BCUT2D eigenvalue weighted by Crippen LogP contribution is -2.31. The van der Waals surface area contributed by atoms with Crippen LogP contribution in [0.1, 0.15) is 44.9 Å². The molecule has 1 aromatic heterocycles. The van der Waals surface area contributed by atoms with Gasteiger partial charge in [-0.25, -0.2) is 0 Å². The molecule has 0 aromatic carbocycles. The Morgan fingerprint density at radius 1 is 1.04 bits per heavy atom. The van der Waals surface area contributed by atoms with Gasteiger partial charge in [0, 0.05) is 57.2 Å². The Morgan fingerprint density at radius 3 is 2.44 bits per heavy atom. The average molecular weight is 370 g/mol. The van der Waals surface area contributed by atoms with Crippen LogP contribution in [0.5, 0.6) is 0 Å². The van der Waals surface area contributed by atoms with E-state index in [1.54, 1.807) is 0 Å².